The minimum atomic E-state index is -0.0676. The highest BCUT2D eigenvalue weighted by atomic mass is 16.5. The van der Waals surface area contributed by atoms with Crippen molar-refractivity contribution in [3.8, 4) is 0 Å². The highest BCUT2D eigenvalue weighted by Gasteiger charge is 2.06. The van der Waals surface area contributed by atoms with E-state index in [1.165, 1.54) is 96.3 Å². The zero-order valence-corrected chi connectivity index (χ0v) is 38.4. The molecule has 0 unspecified atom stereocenters. The monoisotopic (exact) mass is 817 g/mol. The third-order valence-corrected chi connectivity index (χ3v) is 10.2. The lowest BCUT2D eigenvalue weighted by Gasteiger charge is -2.17. The zero-order chi connectivity index (χ0) is 42.3. The van der Waals surface area contributed by atoms with Gasteiger partial charge >= 0.3 is 11.9 Å². The molecule has 0 saturated heterocycles. The van der Waals surface area contributed by atoms with Crippen LogP contribution in [0.15, 0.2) is 48.6 Å². The average molecular weight is 817 g/mol. The Bertz CT molecular complexity index is 997. The van der Waals surface area contributed by atoms with Crippen molar-refractivity contribution in [2.45, 2.75) is 181 Å². The van der Waals surface area contributed by atoms with Crippen LogP contribution in [0.3, 0.4) is 0 Å². The Morgan fingerprint density at radius 2 is 0.741 bits per heavy atom. The lowest BCUT2D eigenvalue weighted by Crippen LogP contribution is -2.27. The second-order valence-corrected chi connectivity index (χ2v) is 15.9. The van der Waals surface area contributed by atoms with E-state index < -0.39 is 0 Å². The smallest absolute Gasteiger partial charge is 0.305 e. The highest BCUT2D eigenvalue weighted by Crippen LogP contribution is 2.11. The topological polar surface area (TPSA) is 77.5 Å². The van der Waals surface area contributed by atoms with E-state index in [0.29, 0.717) is 52.5 Å². The van der Waals surface area contributed by atoms with Crippen LogP contribution in [-0.4, -0.2) is 102 Å². The number of unbranched alkanes of at least 4 members (excludes halogenated alkanes) is 16. The van der Waals surface area contributed by atoms with Gasteiger partial charge in [-0.2, -0.15) is 0 Å². The first kappa shape index (κ1) is 55.7. The van der Waals surface area contributed by atoms with E-state index in [2.05, 4.69) is 86.4 Å². The molecule has 338 valence electrons. The van der Waals surface area contributed by atoms with E-state index in [1.54, 1.807) is 0 Å². The Kier molecular flexibility index (Phi) is 45.6. The van der Waals surface area contributed by atoms with E-state index in [0.717, 1.165) is 84.0 Å². The Morgan fingerprint density at radius 3 is 1.16 bits per heavy atom. The molecule has 0 spiro atoms. The molecule has 0 rings (SSSR count). The Hall–Kier alpha value is -2.26. The molecular formula is C50H92N2O6. The third-order valence-electron chi connectivity index (χ3n) is 10.2. The van der Waals surface area contributed by atoms with Crippen LogP contribution in [0.4, 0.5) is 0 Å². The number of ether oxygens (including phenoxy) is 4. The molecule has 8 nitrogen and oxygen atoms in total. The van der Waals surface area contributed by atoms with E-state index >= 15 is 0 Å². The van der Waals surface area contributed by atoms with Gasteiger partial charge in [-0.05, 0) is 97.6 Å². The minimum Gasteiger partial charge on any atom is -0.466 e. The molecule has 8 heteroatoms. The molecule has 0 atom stereocenters. The van der Waals surface area contributed by atoms with E-state index in [-0.39, 0.29) is 11.9 Å². The highest BCUT2D eigenvalue weighted by molar-refractivity contribution is 5.69. The summed E-state index contributed by atoms with van der Waals surface area (Å²) >= 11 is 0. The number of rotatable bonds is 45. The Labute approximate surface area is 358 Å². The number of nitrogens with zero attached hydrogens (tertiary/aromatic N) is 2. The van der Waals surface area contributed by atoms with Gasteiger partial charge in [-0.1, -0.05) is 133 Å². The second kappa shape index (κ2) is 47.4. The molecule has 58 heavy (non-hydrogen) atoms. The van der Waals surface area contributed by atoms with Crippen LogP contribution in [0.2, 0.25) is 0 Å². The number of allylic oxidation sites excluding steroid dienone is 8. The lowest BCUT2D eigenvalue weighted by molar-refractivity contribution is -0.144. The van der Waals surface area contributed by atoms with Gasteiger partial charge in [0.2, 0.25) is 0 Å². The van der Waals surface area contributed by atoms with Crippen molar-refractivity contribution in [2.24, 2.45) is 0 Å². The van der Waals surface area contributed by atoms with Gasteiger partial charge in [-0.3, -0.25) is 9.59 Å². The van der Waals surface area contributed by atoms with Crippen LogP contribution in [0.5, 0.6) is 0 Å². The number of hydrogen-bond donors (Lipinski definition) is 0. The zero-order valence-electron chi connectivity index (χ0n) is 38.4. The molecule has 0 aromatic heterocycles. The fourth-order valence-corrected chi connectivity index (χ4v) is 6.32. The molecule has 0 bridgehead atoms. The predicted molar refractivity (Wildman–Crippen MR) is 246 cm³/mol. The summed E-state index contributed by atoms with van der Waals surface area (Å²) < 4.78 is 22.3. The van der Waals surface area contributed by atoms with Crippen LogP contribution in [0.1, 0.15) is 181 Å². The molecule has 0 radical (unpaired) electrons. The maximum absolute atomic E-state index is 12.1. The van der Waals surface area contributed by atoms with Crippen molar-refractivity contribution in [3.63, 3.8) is 0 Å². The summed E-state index contributed by atoms with van der Waals surface area (Å²) in [6.45, 7) is 11.3. The molecule has 0 aromatic rings. The maximum atomic E-state index is 12.1. The van der Waals surface area contributed by atoms with Crippen molar-refractivity contribution in [2.75, 3.05) is 79.9 Å². The third kappa shape index (κ3) is 46.4. The lowest BCUT2D eigenvalue weighted by atomic mass is 10.1. The SMILES string of the molecule is CCCC/C=C/C/C=C/CCCCCCCCC(=O)OCCCN(C)CCOCCOCCN(C)CCCOC(=O)CCCCCCC/C=C/C/C=C/CCCCC. The summed E-state index contributed by atoms with van der Waals surface area (Å²) in [6.07, 6.45) is 47.1. The second-order valence-electron chi connectivity index (χ2n) is 15.9. The van der Waals surface area contributed by atoms with Crippen molar-refractivity contribution in [1.82, 2.24) is 9.80 Å². The van der Waals surface area contributed by atoms with Crippen molar-refractivity contribution in [3.05, 3.63) is 48.6 Å². The van der Waals surface area contributed by atoms with Gasteiger partial charge in [0, 0.05) is 39.0 Å². The Morgan fingerprint density at radius 1 is 0.379 bits per heavy atom. The molecule has 0 heterocycles. The van der Waals surface area contributed by atoms with Gasteiger partial charge in [0.15, 0.2) is 0 Å². The summed E-state index contributed by atoms with van der Waals surface area (Å²) in [5.74, 6) is -0.132. The number of esters is 2. The van der Waals surface area contributed by atoms with E-state index in [9.17, 15) is 9.59 Å². The first-order valence-electron chi connectivity index (χ1n) is 23.9. The fourth-order valence-electron chi connectivity index (χ4n) is 6.32. The van der Waals surface area contributed by atoms with E-state index in [4.69, 9.17) is 18.9 Å². The van der Waals surface area contributed by atoms with Crippen molar-refractivity contribution in [1.29, 1.82) is 0 Å². The van der Waals surface area contributed by atoms with Gasteiger partial charge in [0.25, 0.3) is 0 Å². The van der Waals surface area contributed by atoms with Crippen LogP contribution >= 0.6 is 0 Å². The first-order valence-corrected chi connectivity index (χ1v) is 23.9. The number of hydrogen-bond acceptors (Lipinski definition) is 8. The quantitative estimate of drug-likeness (QED) is 0.0342. The molecule has 0 aromatic carbocycles. The van der Waals surface area contributed by atoms with Crippen LogP contribution in [0.25, 0.3) is 0 Å². The van der Waals surface area contributed by atoms with Crippen LogP contribution in [-0.2, 0) is 28.5 Å². The molecule has 0 saturated carbocycles. The summed E-state index contributed by atoms with van der Waals surface area (Å²) in [7, 11) is 4.14. The molecule has 0 aliphatic rings. The average Bonchev–Trinajstić information content (AvgIpc) is 3.22. The molecule has 0 aliphatic heterocycles. The first-order chi connectivity index (χ1) is 28.5. The molecule has 0 amide bonds. The van der Waals surface area contributed by atoms with Gasteiger partial charge in [-0.15, -0.1) is 0 Å². The minimum absolute atomic E-state index is 0.0648. The Balaban J connectivity index is 3.44. The standard InChI is InChI=1S/C50H92N2O6/c1-5-7-9-11-13-15-17-19-21-23-25-27-29-31-33-37-49(53)57-43-35-39-51(3)41-45-55-47-48-56-46-42-52(4)40-36-44-58-50(54)38-34-32-30-28-26-24-22-20-18-16-14-12-10-8-6-2/h11,13-14,16-17,19-20,22H,5-10,12,15,18,21,23-48H2,1-4H3/b13-11+,16-14+,19-17+,22-20+. The molecule has 0 fully saturated rings. The number of carbonyl (C=O) groups excluding carboxylic acids is 2. The number of carbonyl (C=O) groups is 2. The van der Waals surface area contributed by atoms with E-state index in [1.807, 2.05) is 0 Å². The van der Waals surface area contributed by atoms with Crippen molar-refractivity contribution < 1.29 is 28.5 Å². The van der Waals surface area contributed by atoms with Crippen LogP contribution in [0, 0.1) is 0 Å². The maximum Gasteiger partial charge on any atom is 0.305 e. The summed E-state index contributed by atoms with van der Waals surface area (Å²) in [6, 6.07) is 0. The van der Waals surface area contributed by atoms with Gasteiger partial charge in [0.1, 0.15) is 0 Å². The molecule has 0 N–H and O–H groups in total. The largest absolute Gasteiger partial charge is 0.466 e. The van der Waals surface area contributed by atoms with Gasteiger partial charge < -0.3 is 28.7 Å². The van der Waals surface area contributed by atoms with Crippen LogP contribution < -0.4 is 0 Å². The predicted octanol–water partition coefficient (Wildman–Crippen LogP) is 12.4. The van der Waals surface area contributed by atoms with Gasteiger partial charge in [-0.25, -0.2) is 0 Å². The molecule has 0 aliphatic carbocycles. The fraction of sp³-hybridized carbons (Fsp3) is 0.800. The summed E-state index contributed by atoms with van der Waals surface area (Å²) in [5, 5.41) is 0. The molecular weight excluding hydrogens is 725 g/mol. The summed E-state index contributed by atoms with van der Waals surface area (Å²) in [4.78, 5) is 28.5. The van der Waals surface area contributed by atoms with Gasteiger partial charge in [0.05, 0.1) is 39.6 Å². The summed E-state index contributed by atoms with van der Waals surface area (Å²) in [5.41, 5.74) is 0. The van der Waals surface area contributed by atoms with Crippen molar-refractivity contribution >= 4 is 11.9 Å². The number of likely N-dealkylation sites (N-methyl/N-ethyl adjacent to an activating group) is 2. The normalized spacial score (nSPS) is 12.2.